The first-order chi connectivity index (χ1) is 16.6. The van der Waals surface area contributed by atoms with Crippen LogP contribution < -0.4 is 29.6 Å². The molecule has 3 aromatic carbocycles. The van der Waals surface area contributed by atoms with Gasteiger partial charge in [0.1, 0.15) is 5.82 Å². The minimum absolute atomic E-state index is 0.531. The van der Waals surface area contributed by atoms with Crippen molar-refractivity contribution in [2.24, 2.45) is 0 Å². The molecular formula is C26H28N4O4. The summed E-state index contributed by atoms with van der Waals surface area (Å²) in [5.41, 5.74) is 2.91. The molecule has 0 atom stereocenters. The average molecular weight is 461 g/mol. The molecule has 8 nitrogen and oxygen atoms in total. The monoisotopic (exact) mass is 460 g/mol. The van der Waals surface area contributed by atoms with E-state index in [2.05, 4.69) is 15.6 Å². The quantitative estimate of drug-likeness (QED) is 0.346. The molecule has 176 valence electrons. The summed E-state index contributed by atoms with van der Waals surface area (Å²) in [6.07, 6.45) is 0. The molecule has 1 heterocycles. The molecule has 0 unspecified atom stereocenters. The number of hydrogen-bond acceptors (Lipinski definition) is 8. The molecule has 4 rings (SSSR count). The third kappa shape index (κ3) is 5.06. The van der Waals surface area contributed by atoms with Gasteiger partial charge in [0, 0.05) is 18.5 Å². The summed E-state index contributed by atoms with van der Waals surface area (Å²) >= 11 is 0. The van der Waals surface area contributed by atoms with Crippen molar-refractivity contribution in [3.8, 4) is 23.0 Å². The van der Waals surface area contributed by atoms with Crippen molar-refractivity contribution in [2.75, 3.05) is 39.1 Å². The van der Waals surface area contributed by atoms with Gasteiger partial charge in [0.15, 0.2) is 23.0 Å². The molecule has 0 aliphatic heterocycles. The Labute approximate surface area is 198 Å². The molecule has 4 aromatic rings. The minimum Gasteiger partial charge on any atom is -0.493 e. The number of rotatable bonds is 10. The molecule has 1 aromatic heterocycles. The van der Waals surface area contributed by atoms with Gasteiger partial charge in [-0.3, -0.25) is 0 Å². The Hall–Kier alpha value is -4.20. The number of methoxy groups -OCH3 is 4. The van der Waals surface area contributed by atoms with Gasteiger partial charge in [-0.2, -0.15) is 4.98 Å². The number of nitrogens with zero attached hydrogens (tertiary/aromatic N) is 2. The molecule has 0 saturated carbocycles. The highest BCUT2D eigenvalue weighted by Gasteiger charge is 2.10. The molecule has 0 amide bonds. The maximum atomic E-state index is 5.42. The Kier molecular flexibility index (Phi) is 7.17. The van der Waals surface area contributed by atoms with Crippen LogP contribution in [0.3, 0.4) is 0 Å². The van der Waals surface area contributed by atoms with E-state index in [-0.39, 0.29) is 0 Å². The number of ether oxygens (including phenoxy) is 4. The summed E-state index contributed by atoms with van der Waals surface area (Å²) in [5, 5.41) is 7.70. The number of hydrogen-bond donors (Lipinski definition) is 2. The summed E-state index contributed by atoms with van der Waals surface area (Å²) in [4.78, 5) is 9.42. The van der Waals surface area contributed by atoms with E-state index in [0.717, 1.165) is 27.8 Å². The lowest BCUT2D eigenvalue weighted by Gasteiger charge is -2.14. The topological polar surface area (TPSA) is 86.8 Å². The molecule has 0 saturated heterocycles. The van der Waals surface area contributed by atoms with Gasteiger partial charge in [-0.1, -0.05) is 24.3 Å². The first-order valence-corrected chi connectivity index (χ1v) is 10.8. The van der Waals surface area contributed by atoms with E-state index >= 15 is 0 Å². The molecule has 8 heteroatoms. The van der Waals surface area contributed by atoms with Crippen LogP contribution in [0.4, 0.5) is 11.8 Å². The number of nitrogens with one attached hydrogen (secondary N) is 2. The van der Waals surface area contributed by atoms with E-state index in [1.54, 1.807) is 28.4 Å². The Bertz CT molecular complexity index is 1280. The second-order valence-corrected chi connectivity index (χ2v) is 7.50. The van der Waals surface area contributed by atoms with Crippen LogP contribution in [-0.4, -0.2) is 38.4 Å². The van der Waals surface area contributed by atoms with Gasteiger partial charge in [0.25, 0.3) is 0 Å². The van der Waals surface area contributed by atoms with Crippen LogP contribution in [0.5, 0.6) is 23.0 Å². The zero-order chi connectivity index (χ0) is 23.9. The summed E-state index contributed by atoms with van der Waals surface area (Å²) < 4.78 is 21.5. The summed E-state index contributed by atoms with van der Waals surface area (Å²) in [6.45, 7) is 1.10. The zero-order valence-corrected chi connectivity index (χ0v) is 19.7. The third-order valence-electron chi connectivity index (χ3n) is 5.41. The van der Waals surface area contributed by atoms with Crippen LogP contribution in [0.15, 0.2) is 60.7 Å². The SMILES string of the molecule is COc1ccc(CNc2nc(NCc3ccc(OC)c(OC)c3)c3ccccc3n2)cc1OC. The zero-order valence-electron chi connectivity index (χ0n) is 19.7. The van der Waals surface area contributed by atoms with Crippen molar-refractivity contribution in [1.82, 2.24) is 9.97 Å². The molecule has 2 N–H and O–H groups in total. The van der Waals surface area contributed by atoms with Crippen molar-refractivity contribution in [3.05, 3.63) is 71.8 Å². The molecular weight excluding hydrogens is 432 g/mol. The number of benzene rings is 3. The number of para-hydroxylation sites is 1. The average Bonchev–Trinajstić information content (AvgIpc) is 2.90. The summed E-state index contributed by atoms with van der Waals surface area (Å²) in [6, 6.07) is 19.5. The van der Waals surface area contributed by atoms with Crippen LogP contribution in [0.2, 0.25) is 0 Å². The normalized spacial score (nSPS) is 10.6. The van der Waals surface area contributed by atoms with E-state index in [1.165, 1.54) is 0 Å². The van der Waals surface area contributed by atoms with Crippen LogP contribution in [0, 0.1) is 0 Å². The molecule has 34 heavy (non-hydrogen) atoms. The van der Waals surface area contributed by atoms with Gasteiger partial charge >= 0.3 is 0 Å². The standard InChI is InChI=1S/C26H28N4O4/c1-31-21-11-9-17(13-23(21)33-3)15-27-25-19-7-5-6-8-20(19)29-26(30-25)28-16-18-10-12-22(32-2)24(14-18)34-4/h5-14H,15-16H2,1-4H3,(H2,27,28,29,30). The van der Waals surface area contributed by atoms with Crippen LogP contribution in [0.1, 0.15) is 11.1 Å². The van der Waals surface area contributed by atoms with Gasteiger partial charge in [0.05, 0.1) is 34.0 Å². The van der Waals surface area contributed by atoms with Gasteiger partial charge in [-0.15, -0.1) is 0 Å². The van der Waals surface area contributed by atoms with Crippen molar-refractivity contribution >= 4 is 22.7 Å². The van der Waals surface area contributed by atoms with Gasteiger partial charge in [0.2, 0.25) is 5.95 Å². The van der Waals surface area contributed by atoms with E-state index in [0.29, 0.717) is 42.0 Å². The van der Waals surface area contributed by atoms with Crippen LogP contribution in [-0.2, 0) is 13.1 Å². The first-order valence-electron chi connectivity index (χ1n) is 10.8. The predicted molar refractivity (Wildman–Crippen MR) is 133 cm³/mol. The van der Waals surface area contributed by atoms with Crippen molar-refractivity contribution < 1.29 is 18.9 Å². The Morgan fingerprint density at radius 2 is 1.18 bits per heavy atom. The molecule has 0 spiro atoms. The summed E-state index contributed by atoms with van der Waals surface area (Å²) in [5.74, 6) is 4.03. The van der Waals surface area contributed by atoms with E-state index in [1.807, 2.05) is 60.7 Å². The van der Waals surface area contributed by atoms with E-state index in [9.17, 15) is 0 Å². The van der Waals surface area contributed by atoms with Gasteiger partial charge in [-0.05, 0) is 47.5 Å². The lowest BCUT2D eigenvalue weighted by atomic mass is 10.2. The first kappa shape index (κ1) is 23.0. The third-order valence-corrected chi connectivity index (χ3v) is 5.41. The molecule has 0 aliphatic carbocycles. The van der Waals surface area contributed by atoms with Crippen molar-refractivity contribution in [2.45, 2.75) is 13.1 Å². The lowest BCUT2D eigenvalue weighted by molar-refractivity contribution is 0.354. The Morgan fingerprint density at radius 3 is 1.76 bits per heavy atom. The highest BCUT2D eigenvalue weighted by Crippen LogP contribution is 2.30. The van der Waals surface area contributed by atoms with Crippen molar-refractivity contribution in [1.29, 1.82) is 0 Å². The van der Waals surface area contributed by atoms with Crippen LogP contribution in [0.25, 0.3) is 10.9 Å². The molecule has 0 bridgehead atoms. The Balaban J connectivity index is 1.55. The number of fused-ring (bicyclic) bond motifs is 1. The maximum absolute atomic E-state index is 5.42. The van der Waals surface area contributed by atoms with Crippen LogP contribution >= 0.6 is 0 Å². The number of anilines is 2. The van der Waals surface area contributed by atoms with E-state index < -0.39 is 0 Å². The minimum atomic E-state index is 0.531. The molecule has 0 radical (unpaired) electrons. The Morgan fingerprint density at radius 1 is 0.618 bits per heavy atom. The fourth-order valence-corrected chi connectivity index (χ4v) is 3.64. The second kappa shape index (κ2) is 10.6. The summed E-state index contributed by atoms with van der Waals surface area (Å²) in [7, 11) is 6.50. The lowest BCUT2D eigenvalue weighted by Crippen LogP contribution is -2.08. The highest BCUT2D eigenvalue weighted by atomic mass is 16.5. The van der Waals surface area contributed by atoms with E-state index in [4.69, 9.17) is 23.9 Å². The molecule has 0 fully saturated rings. The predicted octanol–water partition coefficient (Wildman–Crippen LogP) is 4.89. The largest absolute Gasteiger partial charge is 0.493 e. The fourth-order valence-electron chi connectivity index (χ4n) is 3.64. The van der Waals surface area contributed by atoms with Crippen molar-refractivity contribution in [3.63, 3.8) is 0 Å². The molecule has 0 aliphatic rings. The fraction of sp³-hybridized carbons (Fsp3) is 0.231. The smallest absolute Gasteiger partial charge is 0.225 e. The van der Waals surface area contributed by atoms with Gasteiger partial charge < -0.3 is 29.6 Å². The number of aromatic nitrogens is 2. The highest BCUT2D eigenvalue weighted by molar-refractivity contribution is 5.90. The second-order valence-electron chi connectivity index (χ2n) is 7.50. The maximum Gasteiger partial charge on any atom is 0.225 e. The van der Waals surface area contributed by atoms with Gasteiger partial charge in [-0.25, -0.2) is 4.98 Å².